The first-order chi connectivity index (χ1) is 7.31. The first-order valence-electron chi connectivity index (χ1n) is 4.66. The molecule has 76 valence electrons. The molecule has 15 heavy (non-hydrogen) atoms. The van der Waals surface area contributed by atoms with Crippen LogP contribution in [-0.2, 0) is 0 Å². The summed E-state index contributed by atoms with van der Waals surface area (Å²) in [6, 6.07) is 7.76. The van der Waals surface area contributed by atoms with Crippen LogP contribution in [0.25, 0.3) is 11.1 Å². The van der Waals surface area contributed by atoms with Crippen LogP contribution in [0.4, 0.5) is 5.82 Å². The van der Waals surface area contributed by atoms with Crippen LogP contribution >= 0.6 is 0 Å². The maximum Gasteiger partial charge on any atom is 0.140 e. The molecule has 3 N–H and O–H groups in total. The SMILES string of the molecule is Cc1nc(NN)ccc1-c1ccncc1. The van der Waals surface area contributed by atoms with Crippen molar-refractivity contribution >= 4 is 5.82 Å². The maximum absolute atomic E-state index is 5.28. The van der Waals surface area contributed by atoms with Gasteiger partial charge in [-0.25, -0.2) is 10.8 Å². The number of hydrogen-bond donors (Lipinski definition) is 2. The highest BCUT2D eigenvalue weighted by Crippen LogP contribution is 2.22. The van der Waals surface area contributed by atoms with Crippen LogP contribution < -0.4 is 11.3 Å². The molecule has 0 amide bonds. The predicted octanol–water partition coefficient (Wildman–Crippen LogP) is 1.74. The molecule has 0 aliphatic carbocycles. The van der Waals surface area contributed by atoms with E-state index < -0.39 is 0 Å². The Hall–Kier alpha value is -1.94. The number of nitrogens with two attached hydrogens (primary N) is 1. The van der Waals surface area contributed by atoms with Crippen LogP contribution in [0.3, 0.4) is 0 Å². The van der Waals surface area contributed by atoms with Crippen LogP contribution in [0.1, 0.15) is 5.69 Å². The van der Waals surface area contributed by atoms with Crippen molar-refractivity contribution in [2.24, 2.45) is 5.84 Å². The second-order valence-corrected chi connectivity index (χ2v) is 3.21. The Bertz CT molecular complexity index is 453. The summed E-state index contributed by atoms with van der Waals surface area (Å²) >= 11 is 0. The summed E-state index contributed by atoms with van der Waals surface area (Å²) in [5, 5.41) is 0. The van der Waals surface area contributed by atoms with Gasteiger partial charge in [0.05, 0.1) is 0 Å². The molecule has 0 spiro atoms. The van der Waals surface area contributed by atoms with E-state index in [1.807, 2.05) is 31.2 Å². The smallest absolute Gasteiger partial charge is 0.140 e. The Kier molecular flexibility index (Phi) is 2.60. The second-order valence-electron chi connectivity index (χ2n) is 3.21. The first-order valence-corrected chi connectivity index (χ1v) is 4.66. The highest BCUT2D eigenvalue weighted by atomic mass is 15.2. The number of nitrogens with zero attached hydrogens (tertiary/aromatic N) is 2. The molecule has 0 aliphatic rings. The Morgan fingerprint density at radius 1 is 1.13 bits per heavy atom. The largest absolute Gasteiger partial charge is 0.308 e. The van der Waals surface area contributed by atoms with Gasteiger partial charge in [0.25, 0.3) is 0 Å². The molecular weight excluding hydrogens is 188 g/mol. The quantitative estimate of drug-likeness (QED) is 0.572. The number of aryl methyl sites for hydroxylation is 1. The van der Waals surface area contributed by atoms with E-state index in [2.05, 4.69) is 15.4 Å². The molecule has 4 nitrogen and oxygen atoms in total. The standard InChI is InChI=1S/C11H12N4/c1-8-10(2-3-11(14-8)15-12)9-4-6-13-7-5-9/h2-7H,12H2,1H3,(H,14,15). The Labute approximate surface area is 88.2 Å². The van der Waals surface area contributed by atoms with Crippen molar-refractivity contribution < 1.29 is 0 Å². The minimum atomic E-state index is 0.672. The van der Waals surface area contributed by atoms with Gasteiger partial charge in [0.2, 0.25) is 0 Å². The molecule has 0 unspecified atom stereocenters. The lowest BCUT2D eigenvalue weighted by atomic mass is 10.1. The van der Waals surface area contributed by atoms with Crippen LogP contribution in [0, 0.1) is 6.92 Å². The highest BCUT2D eigenvalue weighted by molar-refractivity contribution is 5.66. The number of rotatable bonds is 2. The third-order valence-electron chi connectivity index (χ3n) is 2.23. The molecule has 0 aliphatic heterocycles. The average Bonchev–Trinajstić information content (AvgIpc) is 2.30. The predicted molar refractivity (Wildman–Crippen MR) is 60.0 cm³/mol. The molecule has 0 aromatic carbocycles. The van der Waals surface area contributed by atoms with Gasteiger partial charge in [-0.15, -0.1) is 0 Å². The van der Waals surface area contributed by atoms with Crippen LogP contribution in [-0.4, -0.2) is 9.97 Å². The van der Waals surface area contributed by atoms with E-state index in [1.165, 1.54) is 0 Å². The third-order valence-corrected chi connectivity index (χ3v) is 2.23. The summed E-state index contributed by atoms with van der Waals surface area (Å²) in [5.74, 6) is 5.96. The van der Waals surface area contributed by atoms with Gasteiger partial charge < -0.3 is 5.43 Å². The highest BCUT2D eigenvalue weighted by Gasteiger charge is 2.02. The molecular formula is C11H12N4. The summed E-state index contributed by atoms with van der Waals surface area (Å²) in [6.07, 6.45) is 3.54. The molecule has 0 fully saturated rings. The van der Waals surface area contributed by atoms with Crippen molar-refractivity contribution in [3.8, 4) is 11.1 Å². The van der Waals surface area contributed by atoms with Gasteiger partial charge in [-0.3, -0.25) is 4.98 Å². The van der Waals surface area contributed by atoms with Crippen molar-refractivity contribution in [1.82, 2.24) is 9.97 Å². The van der Waals surface area contributed by atoms with E-state index in [-0.39, 0.29) is 0 Å². The fraction of sp³-hybridized carbons (Fsp3) is 0.0909. The third kappa shape index (κ3) is 1.94. The van der Waals surface area contributed by atoms with Gasteiger partial charge in [0.15, 0.2) is 0 Å². The summed E-state index contributed by atoms with van der Waals surface area (Å²) < 4.78 is 0. The lowest BCUT2D eigenvalue weighted by Crippen LogP contribution is -2.08. The molecule has 0 atom stereocenters. The van der Waals surface area contributed by atoms with E-state index in [0.29, 0.717) is 5.82 Å². The van der Waals surface area contributed by atoms with Crippen molar-refractivity contribution in [2.45, 2.75) is 6.92 Å². The minimum absolute atomic E-state index is 0.672. The second kappa shape index (κ2) is 4.06. The molecule has 0 saturated carbocycles. The van der Waals surface area contributed by atoms with E-state index in [0.717, 1.165) is 16.8 Å². The number of pyridine rings is 2. The van der Waals surface area contributed by atoms with Crippen molar-refractivity contribution in [3.05, 3.63) is 42.4 Å². The average molecular weight is 200 g/mol. The molecule has 2 heterocycles. The molecule has 2 aromatic heterocycles. The fourth-order valence-corrected chi connectivity index (χ4v) is 1.48. The summed E-state index contributed by atoms with van der Waals surface area (Å²) in [7, 11) is 0. The number of anilines is 1. The normalized spacial score (nSPS) is 10.0. The summed E-state index contributed by atoms with van der Waals surface area (Å²) in [4.78, 5) is 8.29. The van der Waals surface area contributed by atoms with Gasteiger partial charge in [-0.2, -0.15) is 0 Å². The van der Waals surface area contributed by atoms with Gasteiger partial charge in [-0.1, -0.05) is 0 Å². The fourth-order valence-electron chi connectivity index (χ4n) is 1.48. The lowest BCUT2D eigenvalue weighted by Gasteiger charge is -2.06. The van der Waals surface area contributed by atoms with Crippen LogP contribution in [0.2, 0.25) is 0 Å². The molecule has 2 rings (SSSR count). The van der Waals surface area contributed by atoms with Crippen LogP contribution in [0.15, 0.2) is 36.7 Å². The summed E-state index contributed by atoms with van der Waals surface area (Å²) in [5.41, 5.74) is 5.67. The van der Waals surface area contributed by atoms with Gasteiger partial charge in [0.1, 0.15) is 5.82 Å². The number of aromatic nitrogens is 2. The zero-order valence-corrected chi connectivity index (χ0v) is 8.44. The first kappa shape index (κ1) is 9.61. The van der Waals surface area contributed by atoms with Crippen molar-refractivity contribution in [3.63, 3.8) is 0 Å². The number of nitrogens with one attached hydrogen (secondary N) is 1. The van der Waals surface area contributed by atoms with E-state index in [1.54, 1.807) is 12.4 Å². The van der Waals surface area contributed by atoms with Crippen molar-refractivity contribution in [1.29, 1.82) is 0 Å². The molecule has 0 saturated heterocycles. The van der Waals surface area contributed by atoms with Crippen LogP contribution in [0.5, 0.6) is 0 Å². The zero-order chi connectivity index (χ0) is 10.7. The monoisotopic (exact) mass is 200 g/mol. The van der Waals surface area contributed by atoms with E-state index in [9.17, 15) is 0 Å². The number of nitrogen functional groups attached to an aromatic ring is 1. The van der Waals surface area contributed by atoms with Crippen molar-refractivity contribution in [2.75, 3.05) is 5.43 Å². The Morgan fingerprint density at radius 3 is 2.47 bits per heavy atom. The van der Waals surface area contributed by atoms with Gasteiger partial charge in [-0.05, 0) is 36.8 Å². The topological polar surface area (TPSA) is 63.8 Å². The Balaban J connectivity index is 2.46. The van der Waals surface area contributed by atoms with Gasteiger partial charge in [0, 0.05) is 23.7 Å². The molecule has 2 aromatic rings. The molecule has 4 heteroatoms. The molecule has 0 radical (unpaired) electrons. The number of hydrogen-bond acceptors (Lipinski definition) is 4. The Morgan fingerprint density at radius 2 is 1.87 bits per heavy atom. The summed E-state index contributed by atoms with van der Waals surface area (Å²) in [6.45, 7) is 1.95. The number of hydrazine groups is 1. The maximum atomic E-state index is 5.28. The molecule has 0 bridgehead atoms. The lowest BCUT2D eigenvalue weighted by molar-refractivity contribution is 1.16. The minimum Gasteiger partial charge on any atom is -0.308 e. The zero-order valence-electron chi connectivity index (χ0n) is 8.44. The van der Waals surface area contributed by atoms with Gasteiger partial charge >= 0.3 is 0 Å². The van der Waals surface area contributed by atoms with E-state index in [4.69, 9.17) is 5.84 Å². The van der Waals surface area contributed by atoms with E-state index >= 15 is 0 Å².